The minimum Gasteiger partial charge on any atom is -0.484 e. The standard InChI is InChI=1S/C15H13BrFNO2/c1-10-7-13(17)12(16)8-14(10)18-15(19)9-20-11-5-3-2-4-6-11/h2-8H,9H2,1H3,(H,18,19). The summed E-state index contributed by atoms with van der Waals surface area (Å²) in [6, 6.07) is 12.0. The number of carbonyl (C=O) groups excluding carboxylic acids is 1. The van der Waals surface area contributed by atoms with E-state index >= 15 is 0 Å². The highest BCUT2D eigenvalue weighted by Gasteiger charge is 2.09. The maximum Gasteiger partial charge on any atom is 0.262 e. The SMILES string of the molecule is Cc1cc(F)c(Br)cc1NC(=O)COc1ccccc1. The number of carbonyl (C=O) groups is 1. The third kappa shape index (κ3) is 3.81. The summed E-state index contributed by atoms with van der Waals surface area (Å²) in [5, 5.41) is 2.69. The minimum absolute atomic E-state index is 0.0988. The van der Waals surface area contributed by atoms with Crippen molar-refractivity contribution in [3.63, 3.8) is 0 Å². The van der Waals surface area contributed by atoms with Gasteiger partial charge in [0.1, 0.15) is 11.6 Å². The van der Waals surface area contributed by atoms with Gasteiger partial charge in [-0.2, -0.15) is 0 Å². The molecular formula is C15H13BrFNO2. The Morgan fingerprint density at radius 3 is 2.70 bits per heavy atom. The van der Waals surface area contributed by atoms with Crippen molar-refractivity contribution in [3.8, 4) is 5.75 Å². The number of hydrogen-bond donors (Lipinski definition) is 1. The van der Waals surface area contributed by atoms with Gasteiger partial charge in [-0.25, -0.2) is 4.39 Å². The van der Waals surface area contributed by atoms with E-state index in [2.05, 4.69) is 21.2 Å². The van der Waals surface area contributed by atoms with Crippen molar-refractivity contribution in [2.45, 2.75) is 6.92 Å². The van der Waals surface area contributed by atoms with E-state index in [4.69, 9.17) is 4.74 Å². The van der Waals surface area contributed by atoms with Crippen molar-refractivity contribution in [1.29, 1.82) is 0 Å². The van der Waals surface area contributed by atoms with Crippen molar-refractivity contribution < 1.29 is 13.9 Å². The summed E-state index contributed by atoms with van der Waals surface area (Å²) < 4.78 is 18.9. The molecule has 0 saturated carbocycles. The summed E-state index contributed by atoms with van der Waals surface area (Å²) in [4.78, 5) is 11.8. The van der Waals surface area contributed by atoms with E-state index in [9.17, 15) is 9.18 Å². The molecule has 0 bridgehead atoms. The van der Waals surface area contributed by atoms with E-state index in [1.807, 2.05) is 18.2 Å². The fourth-order valence-corrected chi connectivity index (χ4v) is 1.98. The van der Waals surface area contributed by atoms with Gasteiger partial charge in [-0.1, -0.05) is 18.2 Å². The number of benzene rings is 2. The molecule has 0 heterocycles. The first-order valence-electron chi connectivity index (χ1n) is 5.99. The number of ether oxygens (including phenoxy) is 1. The average Bonchev–Trinajstić information content (AvgIpc) is 2.44. The molecule has 0 atom stereocenters. The Balaban J connectivity index is 1.97. The van der Waals surface area contributed by atoms with Crippen LogP contribution in [0.5, 0.6) is 5.75 Å². The number of rotatable bonds is 4. The van der Waals surface area contributed by atoms with Crippen molar-refractivity contribution in [1.82, 2.24) is 0 Å². The van der Waals surface area contributed by atoms with Gasteiger partial charge in [0.2, 0.25) is 0 Å². The Kier molecular flexibility index (Phi) is 4.74. The van der Waals surface area contributed by atoms with Crippen LogP contribution in [0.25, 0.3) is 0 Å². The molecule has 2 rings (SSSR count). The number of amides is 1. The lowest BCUT2D eigenvalue weighted by Gasteiger charge is -2.10. The largest absolute Gasteiger partial charge is 0.484 e. The molecule has 1 amide bonds. The summed E-state index contributed by atoms with van der Waals surface area (Å²) in [6.45, 7) is 1.63. The van der Waals surface area contributed by atoms with Gasteiger partial charge in [-0.3, -0.25) is 4.79 Å². The van der Waals surface area contributed by atoms with Crippen LogP contribution in [0, 0.1) is 12.7 Å². The minimum atomic E-state index is -0.360. The maximum absolute atomic E-state index is 13.3. The molecule has 0 aliphatic carbocycles. The zero-order chi connectivity index (χ0) is 14.5. The van der Waals surface area contributed by atoms with E-state index in [-0.39, 0.29) is 18.3 Å². The molecular weight excluding hydrogens is 325 g/mol. The fourth-order valence-electron chi connectivity index (χ4n) is 1.63. The number of anilines is 1. The summed E-state index contributed by atoms with van der Waals surface area (Å²) in [6.07, 6.45) is 0. The maximum atomic E-state index is 13.3. The first-order valence-corrected chi connectivity index (χ1v) is 6.79. The van der Waals surface area contributed by atoms with Crippen molar-refractivity contribution in [3.05, 3.63) is 58.3 Å². The summed E-state index contributed by atoms with van der Waals surface area (Å²) in [5.74, 6) is -0.0313. The van der Waals surface area contributed by atoms with Gasteiger partial charge < -0.3 is 10.1 Å². The van der Waals surface area contributed by atoms with Gasteiger partial charge in [0.05, 0.1) is 4.47 Å². The van der Waals surface area contributed by atoms with Crippen LogP contribution in [0.4, 0.5) is 10.1 Å². The third-order valence-electron chi connectivity index (χ3n) is 2.65. The lowest BCUT2D eigenvalue weighted by molar-refractivity contribution is -0.118. The molecule has 0 spiro atoms. The Morgan fingerprint density at radius 1 is 1.30 bits per heavy atom. The molecule has 2 aromatic rings. The van der Waals surface area contributed by atoms with Crippen LogP contribution in [0.3, 0.4) is 0 Å². The molecule has 104 valence electrons. The first-order chi connectivity index (χ1) is 9.56. The molecule has 0 aliphatic rings. The van der Waals surface area contributed by atoms with Crippen LogP contribution in [0.15, 0.2) is 46.9 Å². The highest BCUT2D eigenvalue weighted by atomic mass is 79.9. The lowest BCUT2D eigenvalue weighted by atomic mass is 10.2. The molecule has 2 aromatic carbocycles. The van der Waals surface area contributed by atoms with Crippen molar-refractivity contribution >= 4 is 27.5 Å². The number of para-hydroxylation sites is 1. The van der Waals surface area contributed by atoms with Crippen LogP contribution in [-0.2, 0) is 4.79 Å². The van der Waals surface area contributed by atoms with Gasteiger partial charge in [0.15, 0.2) is 6.61 Å². The number of hydrogen-bond acceptors (Lipinski definition) is 2. The summed E-state index contributed by atoms with van der Waals surface area (Å²) in [7, 11) is 0. The van der Waals surface area contributed by atoms with E-state index < -0.39 is 0 Å². The third-order valence-corrected chi connectivity index (χ3v) is 3.26. The van der Waals surface area contributed by atoms with Crippen molar-refractivity contribution in [2.75, 3.05) is 11.9 Å². The smallest absolute Gasteiger partial charge is 0.262 e. The molecule has 0 saturated heterocycles. The number of aryl methyl sites for hydroxylation is 1. The van der Waals surface area contributed by atoms with E-state index in [0.29, 0.717) is 21.5 Å². The molecule has 3 nitrogen and oxygen atoms in total. The predicted molar refractivity (Wildman–Crippen MR) is 79.4 cm³/mol. The number of halogens is 2. The molecule has 20 heavy (non-hydrogen) atoms. The Labute approximate surface area is 124 Å². The average molecular weight is 338 g/mol. The van der Waals surface area contributed by atoms with Crippen LogP contribution in [-0.4, -0.2) is 12.5 Å². The lowest BCUT2D eigenvalue weighted by Crippen LogP contribution is -2.20. The first kappa shape index (κ1) is 14.5. The highest BCUT2D eigenvalue weighted by molar-refractivity contribution is 9.10. The molecule has 5 heteroatoms. The molecule has 0 radical (unpaired) electrons. The van der Waals surface area contributed by atoms with Gasteiger partial charge in [-0.15, -0.1) is 0 Å². The van der Waals surface area contributed by atoms with Gasteiger partial charge in [0, 0.05) is 5.69 Å². The zero-order valence-electron chi connectivity index (χ0n) is 10.8. The van der Waals surface area contributed by atoms with Crippen LogP contribution in [0.1, 0.15) is 5.56 Å². The zero-order valence-corrected chi connectivity index (χ0v) is 12.4. The predicted octanol–water partition coefficient (Wildman–Crippen LogP) is 3.91. The number of nitrogens with one attached hydrogen (secondary N) is 1. The second-order valence-electron chi connectivity index (χ2n) is 4.23. The van der Waals surface area contributed by atoms with Crippen molar-refractivity contribution in [2.24, 2.45) is 0 Å². The Hall–Kier alpha value is -1.88. The molecule has 0 unspecified atom stereocenters. The van der Waals surface area contributed by atoms with Crippen LogP contribution in [0.2, 0.25) is 0 Å². The Bertz CT molecular complexity index is 617. The molecule has 0 aromatic heterocycles. The van der Waals surface area contributed by atoms with Crippen LogP contribution < -0.4 is 10.1 Å². The van der Waals surface area contributed by atoms with Crippen LogP contribution >= 0.6 is 15.9 Å². The summed E-state index contributed by atoms with van der Waals surface area (Å²) in [5.41, 5.74) is 1.21. The van der Waals surface area contributed by atoms with E-state index in [1.165, 1.54) is 12.1 Å². The molecule has 0 fully saturated rings. The second-order valence-corrected chi connectivity index (χ2v) is 5.09. The normalized spacial score (nSPS) is 10.2. The molecule has 0 aliphatic heterocycles. The van der Waals surface area contributed by atoms with E-state index in [1.54, 1.807) is 19.1 Å². The Morgan fingerprint density at radius 2 is 2.00 bits per heavy atom. The van der Waals surface area contributed by atoms with Gasteiger partial charge >= 0.3 is 0 Å². The topological polar surface area (TPSA) is 38.3 Å². The second kappa shape index (κ2) is 6.52. The fraction of sp³-hybridized carbons (Fsp3) is 0.133. The highest BCUT2D eigenvalue weighted by Crippen LogP contribution is 2.24. The van der Waals surface area contributed by atoms with Gasteiger partial charge in [0.25, 0.3) is 5.91 Å². The monoisotopic (exact) mass is 337 g/mol. The van der Waals surface area contributed by atoms with Gasteiger partial charge in [-0.05, 0) is 52.7 Å². The van der Waals surface area contributed by atoms with E-state index in [0.717, 1.165) is 0 Å². The quantitative estimate of drug-likeness (QED) is 0.918. The summed E-state index contributed by atoms with van der Waals surface area (Å²) >= 11 is 3.09. The molecule has 1 N–H and O–H groups in total.